The molecule has 0 spiro atoms. The van der Waals surface area contributed by atoms with E-state index in [0.717, 1.165) is 12.0 Å². The Morgan fingerprint density at radius 2 is 2.19 bits per heavy atom. The summed E-state index contributed by atoms with van der Waals surface area (Å²) in [5, 5.41) is 10.2. The lowest BCUT2D eigenvalue weighted by Gasteiger charge is -2.20. The molecular formula is C12H19NO3. The van der Waals surface area contributed by atoms with Gasteiger partial charge in [-0.3, -0.25) is 4.98 Å². The molecule has 1 rings (SSSR count). The van der Waals surface area contributed by atoms with Crippen molar-refractivity contribution >= 4 is 0 Å². The molecule has 1 heterocycles. The van der Waals surface area contributed by atoms with Gasteiger partial charge in [0.1, 0.15) is 5.75 Å². The van der Waals surface area contributed by atoms with Gasteiger partial charge in [0, 0.05) is 25.5 Å². The molecule has 1 N–H and O–H groups in total. The smallest absolute Gasteiger partial charge is 0.142 e. The summed E-state index contributed by atoms with van der Waals surface area (Å²) < 4.78 is 10.2. The quantitative estimate of drug-likeness (QED) is 0.802. The number of ether oxygens (including phenoxy) is 2. The Morgan fingerprint density at radius 3 is 2.81 bits per heavy atom. The van der Waals surface area contributed by atoms with E-state index in [2.05, 4.69) is 4.98 Å². The molecule has 0 aliphatic heterocycles. The number of pyridine rings is 1. The van der Waals surface area contributed by atoms with Gasteiger partial charge in [0.05, 0.1) is 19.4 Å². The zero-order chi connectivity index (χ0) is 12.0. The highest BCUT2D eigenvalue weighted by Gasteiger charge is 2.19. The molecule has 0 fully saturated rings. The fourth-order valence-electron chi connectivity index (χ4n) is 1.57. The highest BCUT2D eigenvalue weighted by atomic mass is 16.5. The molecule has 4 nitrogen and oxygen atoms in total. The third-order valence-corrected chi connectivity index (χ3v) is 2.67. The molecular weight excluding hydrogens is 206 g/mol. The molecule has 2 atom stereocenters. The van der Waals surface area contributed by atoms with Crippen LogP contribution in [0.3, 0.4) is 0 Å². The number of nitrogens with zero attached hydrogens (tertiary/aromatic N) is 1. The lowest BCUT2D eigenvalue weighted by atomic mass is 9.95. The molecule has 0 radical (unpaired) electrons. The van der Waals surface area contributed by atoms with E-state index in [4.69, 9.17) is 9.47 Å². The van der Waals surface area contributed by atoms with Crippen molar-refractivity contribution in [3.8, 4) is 5.75 Å². The van der Waals surface area contributed by atoms with Crippen molar-refractivity contribution in [2.24, 2.45) is 5.92 Å². The van der Waals surface area contributed by atoms with Crippen molar-refractivity contribution in [3.05, 3.63) is 24.0 Å². The number of rotatable bonds is 6. The van der Waals surface area contributed by atoms with Gasteiger partial charge in [-0.2, -0.15) is 0 Å². The van der Waals surface area contributed by atoms with Crippen LogP contribution in [0.15, 0.2) is 18.5 Å². The van der Waals surface area contributed by atoms with Crippen molar-refractivity contribution in [2.75, 3.05) is 20.8 Å². The summed E-state index contributed by atoms with van der Waals surface area (Å²) >= 11 is 0. The Hall–Kier alpha value is -1.13. The van der Waals surface area contributed by atoms with Crippen molar-refractivity contribution in [2.45, 2.75) is 19.4 Å². The average Bonchev–Trinajstić information content (AvgIpc) is 2.34. The summed E-state index contributed by atoms with van der Waals surface area (Å²) in [5.41, 5.74) is 0.779. The first-order valence-corrected chi connectivity index (χ1v) is 5.35. The topological polar surface area (TPSA) is 51.6 Å². The van der Waals surface area contributed by atoms with E-state index in [9.17, 15) is 5.11 Å². The van der Waals surface area contributed by atoms with Crippen LogP contribution < -0.4 is 4.74 Å². The maximum absolute atomic E-state index is 10.2. The minimum absolute atomic E-state index is 0.122. The first-order chi connectivity index (χ1) is 7.70. The molecule has 0 aliphatic carbocycles. The number of methoxy groups -OCH3 is 2. The monoisotopic (exact) mass is 225 g/mol. The molecule has 0 saturated carbocycles. The maximum atomic E-state index is 10.2. The van der Waals surface area contributed by atoms with E-state index in [1.165, 1.54) is 0 Å². The first kappa shape index (κ1) is 12.9. The van der Waals surface area contributed by atoms with Gasteiger partial charge >= 0.3 is 0 Å². The van der Waals surface area contributed by atoms with Gasteiger partial charge in [-0.1, -0.05) is 6.92 Å². The van der Waals surface area contributed by atoms with Gasteiger partial charge in [-0.25, -0.2) is 0 Å². The zero-order valence-corrected chi connectivity index (χ0v) is 10.0. The first-order valence-electron chi connectivity index (χ1n) is 5.35. The van der Waals surface area contributed by atoms with Crippen LogP contribution in [-0.4, -0.2) is 30.9 Å². The molecule has 0 aliphatic rings. The lowest BCUT2D eigenvalue weighted by molar-refractivity contribution is 0.0865. The van der Waals surface area contributed by atoms with Crippen molar-refractivity contribution in [1.82, 2.24) is 4.98 Å². The summed E-state index contributed by atoms with van der Waals surface area (Å²) in [7, 11) is 3.24. The molecule has 2 unspecified atom stereocenters. The largest absolute Gasteiger partial charge is 0.495 e. The summed E-state index contributed by atoms with van der Waals surface area (Å²) in [6.45, 7) is 2.63. The van der Waals surface area contributed by atoms with Crippen molar-refractivity contribution in [1.29, 1.82) is 0 Å². The second-order valence-corrected chi connectivity index (χ2v) is 3.82. The molecule has 0 bridgehead atoms. The number of aliphatic hydroxyl groups excluding tert-OH is 1. The van der Waals surface area contributed by atoms with E-state index in [1.807, 2.05) is 6.92 Å². The standard InChI is InChI=1S/C12H19NO3/c1-9(5-7-15-2)12(14)10-4-6-13-8-11(10)16-3/h4,6,8-9,12,14H,5,7H2,1-3H3. The fraction of sp³-hybridized carbons (Fsp3) is 0.583. The maximum Gasteiger partial charge on any atom is 0.142 e. The minimum Gasteiger partial charge on any atom is -0.495 e. The van der Waals surface area contributed by atoms with Crippen LogP contribution in [0.4, 0.5) is 0 Å². The van der Waals surface area contributed by atoms with Crippen LogP contribution in [0.25, 0.3) is 0 Å². The second kappa shape index (κ2) is 6.45. The second-order valence-electron chi connectivity index (χ2n) is 3.82. The summed E-state index contributed by atoms with van der Waals surface area (Å²) in [5.74, 6) is 0.746. The number of aliphatic hydroxyl groups is 1. The Morgan fingerprint density at radius 1 is 1.44 bits per heavy atom. The van der Waals surface area contributed by atoms with E-state index in [1.54, 1.807) is 32.7 Å². The van der Waals surface area contributed by atoms with Gasteiger partial charge in [0.2, 0.25) is 0 Å². The van der Waals surface area contributed by atoms with E-state index < -0.39 is 6.10 Å². The predicted molar refractivity (Wildman–Crippen MR) is 61.4 cm³/mol. The van der Waals surface area contributed by atoms with Crippen LogP contribution in [0.1, 0.15) is 25.0 Å². The normalized spacial score (nSPS) is 14.5. The number of hydrogen-bond donors (Lipinski definition) is 1. The molecule has 4 heteroatoms. The van der Waals surface area contributed by atoms with Crippen LogP contribution in [-0.2, 0) is 4.74 Å². The van der Waals surface area contributed by atoms with E-state index in [-0.39, 0.29) is 5.92 Å². The van der Waals surface area contributed by atoms with E-state index >= 15 is 0 Å². The highest BCUT2D eigenvalue weighted by molar-refractivity contribution is 5.32. The summed E-state index contributed by atoms with van der Waals surface area (Å²) in [4.78, 5) is 3.96. The van der Waals surface area contributed by atoms with Crippen LogP contribution >= 0.6 is 0 Å². The zero-order valence-electron chi connectivity index (χ0n) is 10.0. The SMILES string of the molecule is COCCC(C)C(O)c1ccncc1OC. The Bertz CT molecular complexity index is 317. The van der Waals surface area contributed by atoms with Crippen molar-refractivity contribution in [3.63, 3.8) is 0 Å². The van der Waals surface area contributed by atoms with Crippen LogP contribution in [0, 0.1) is 5.92 Å². The Kier molecular flexibility index (Phi) is 5.22. The molecule has 90 valence electrons. The van der Waals surface area contributed by atoms with Gasteiger partial charge in [-0.05, 0) is 18.4 Å². The van der Waals surface area contributed by atoms with Crippen LogP contribution in [0.2, 0.25) is 0 Å². The lowest BCUT2D eigenvalue weighted by Crippen LogP contribution is -2.12. The molecule has 0 saturated heterocycles. The van der Waals surface area contributed by atoms with Crippen LogP contribution in [0.5, 0.6) is 5.75 Å². The Balaban J connectivity index is 2.74. The molecule has 1 aromatic heterocycles. The minimum atomic E-state index is -0.548. The van der Waals surface area contributed by atoms with Gasteiger partial charge in [0.25, 0.3) is 0 Å². The van der Waals surface area contributed by atoms with Gasteiger partial charge < -0.3 is 14.6 Å². The highest BCUT2D eigenvalue weighted by Crippen LogP contribution is 2.30. The molecule has 16 heavy (non-hydrogen) atoms. The number of hydrogen-bond acceptors (Lipinski definition) is 4. The Labute approximate surface area is 96.2 Å². The molecule has 0 aromatic carbocycles. The summed E-state index contributed by atoms with van der Waals surface area (Å²) in [6.07, 6.45) is 3.53. The molecule has 0 amide bonds. The third kappa shape index (κ3) is 3.18. The molecule has 1 aromatic rings. The summed E-state index contributed by atoms with van der Waals surface area (Å²) in [6, 6.07) is 1.78. The number of aromatic nitrogens is 1. The average molecular weight is 225 g/mol. The van der Waals surface area contributed by atoms with Gasteiger partial charge in [0.15, 0.2) is 0 Å². The van der Waals surface area contributed by atoms with E-state index in [0.29, 0.717) is 12.4 Å². The van der Waals surface area contributed by atoms with Gasteiger partial charge in [-0.15, -0.1) is 0 Å². The van der Waals surface area contributed by atoms with Crippen molar-refractivity contribution < 1.29 is 14.6 Å². The third-order valence-electron chi connectivity index (χ3n) is 2.67. The predicted octanol–water partition coefficient (Wildman–Crippen LogP) is 1.80. The fourth-order valence-corrected chi connectivity index (χ4v) is 1.57.